The van der Waals surface area contributed by atoms with E-state index in [2.05, 4.69) is 15.6 Å². The lowest BCUT2D eigenvalue weighted by Gasteiger charge is -2.18. The molecular formula is C18H20ClN3O2S2. The lowest BCUT2D eigenvalue weighted by Crippen LogP contribution is -2.24. The number of benzene rings is 1. The highest BCUT2D eigenvalue weighted by atomic mass is 35.5. The average Bonchev–Trinajstić information content (AvgIpc) is 2.98. The van der Waals surface area contributed by atoms with Crippen LogP contribution in [0.2, 0.25) is 5.02 Å². The van der Waals surface area contributed by atoms with Crippen LogP contribution < -0.4 is 10.6 Å². The summed E-state index contributed by atoms with van der Waals surface area (Å²) in [6.07, 6.45) is 2.25. The SMILES string of the molecule is CCOC(=O)C1CCc2nc(NC(=S)Nc3ccc(Cl)cc3C)sc2C1. The third-order valence-corrected chi connectivity index (χ3v) is 5.69. The number of rotatable bonds is 4. The van der Waals surface area contributed by atoms with Gasteiger partial charge in [0.25, 0.3) is 0 Å². The van der Waals surface area contributed by atoms with Crippen molar-refractivity contribution in [3.63, 3.8) is 0 Å². The van der Waals surface area contributed by atoms with E-state index < -0.39 is 0 Å². The quantitative estimate of drug-likeness (QED) is 0.569. The van der Waals surface area contributed by atoms with Gasteiger partial charge >= 0.3 is 5.97 Å². The molecule has 1 unspecified atom stereocenters. The number of carbonyl (C=O) groups excluding carboxylic acids is 1. The number of thiocarbonyl (C=S) groups is 1. The molecule has 2 N–H and O–H groups in total. The van der Waals surface area contributed by atoms with E-state index in [-0.39, 0.29) is 11.9 Å². The van der Waals surface area contributed by atoms with Crippen molar-refractivity contribution in [2.45, 2.75) is 33.1 Å². The summed E-state index contributed by atoms with van der Waals surface area (Å²) in [5.74, 6) is -0.186. The second-order valence-corrected chi connectivity index (χ2v) is 8.05. The Hall–Kier alpha value is -1.70. The van der Waals surface area contributed by atoms with Gasteiger partial charge in [-0.1, -0.05) is 11.6 Å². The van der Waals surface area contributed by atoms with Crippen LogP contribution in [-0.4, -0.2) is 22.7 Å². The largest absolute Gasteiger partial charge is 0.466 e. The highest BCUT2D eigenvalue weighted by molar-refractivity contribution is 7.80. The van der Waals surface area contributed by atoms with Crippen molar-refractivity contribution in [3.8, 4) is 0 Å². The second-order valence-electron chi connectivity index (χ2n) is 6.12. The van der Waals surface area contributed by atoms with Crippen molar-refractivity contribution >= 4 is 57.1 Å². The molecule has 138 valence electrons. The van der Waals surface area contributed by atoms with Crippen LogP contribution in [-0.2, 0) is 22.4 Å². The number of esters is 1. The maximum atomic E-state index is 12.0. The molecule has 1 aromatic heterocycles. The van der Waals surface area contributed by atoms with E-state index in [4.69, 9.17) is 28.6 Å². The van der Waals surface area contributed by atoms with E-state index in [0.717, 1.165) is 39.8 Å². The Morgan fingerprint density at radius 2 is 2.27 bits per heavy atom. The Labute approximate surface area is 167 Å². The van der Waals surface area contributed by atoms with Crippen LogP contribution in [0.15, 0.2) is 18.2 Å². The van der Waals surface area contributed by atoms with Gasteiger partial charge in [0.2, 0.25) is 0 Å². The van der Waals surface area contributed by atoms with E-state index in [9.17, 15) is 4.79 Å². The molecule has 0 saturated carbocycles. The summed E-state index contributed by atoms with van der Waals surface area (Å²) in [6, 6.07) is 5.59. The van der Waals surface area contributed by atoms with Gasteiger partial charge in [-0.15, -0.1) is 11.3 Å². The zero-order valence-corrected chi connectivity index (χ0v) is 17.0. The maximum absolute atomic E-state index is 12.0. The molecule has 1 aromatic carbocycles. The standard InChI is InChI=1S/C18H20ClN3O2S2/c1-3-24-16(23)11-4-6-14-15(9-11)26-18(21-14)22-17(25)20-13-7-5-12(19)8-10(13)2/h5,7-8,11H,3-4,6,9H2,1-2H3,(H2,20,21,22,25). The first-order valence-electron chi connectivity index (χ1n) is 8.45. The second kappa shape index (κ2) is 8.33. The molecule has 0 aliphatic heterocycles. The molecule has 0 saturated heterocycles. The molecule has 8 heteroatoms. The molecule has 2 aromatic rings. The van der Waals surface area contributed by atoms with Crippen LogP contribution in [0.5, 0.6) is 0 Å². The van der Waals surface area contributed by atoms with E-state index in [0.29, 0.717) is 23.2 Å². The topological polar surface area (TPSA) is 63.2 Å². The van der Waals surface area contributed by atoms with Gasteiger partial charge in [-0.25, -0.2) is 4.98 Å². The van der Waals surface area contributed by atoms with Crippen molar-refractivity contribution in [2.75, 3.05) is 17.2 Å². The van der Waals surface area contributed by atoms with Gasteiger partial charge in [-0.3, -0.25) is 4.79 Å². The third kappa shape index (κ3) is 4.52. The molecular weight excluding hydrogens is 390 g/mol. The molecule has 1 heterocycles. The van der Waals surface area contributed by atoms with E-state index >= 15 is 0 Å². The fourth-order valence-corrected chi connectivity index (χ4v) is 4.50. The first kappa shape index (κ1) is 19.1. The Bertz CT molecular complexity index is 838. The number of anilines is 2. The summed E-state index contributed by atoms with van der Waals surface area (Å²) in [7, 11) is 0. The van der Waals surface area contributed by atoms with Crippen molar-refractivity contribution in [3.05, 3.63) is 39.4 Å². The van der Waals surface area contributed by atoms with Crippen LogP contribution in [0.3, 0.4) is 0 Å². The van der Waals surface area contributed by atoms with Gasteiger partial charge < -0.3 is 15.4 Å². The third-order valence-electron chi connectivity index (χ3n) is 4.22. The zero-order valence-electron chi connectivity index (χ0n) is 14.6. The minimum absolute atomic E-state index is 0.0717. The van der Waals surface area contributed by atoms with Gasteiger partial charge in [0.15, 0.2) is 10.2 Å². The van der Waals surface area contributed by atoms with Gasteiger partial charge in [0, 0.05) is 15.6 Å². The Morgan fingerprint density at radius 1 is 1.46 bits per heavy atom. The highest BCUT2D eigenvalue weighted by Gasteiger charge is 2.28. The van der Waals surface area contributed by atoms with Crippen LogP contribution in [0.1, 0.15) is 29.5 Å². The number of halogens is 1. The van der Waals surface area contributed by atoms with Crippen LogP contribution in [0.25, 0.3) is 0 Å². The fraction of sp³-hybridized carbons (Fsp3) is 0.389. The summed E-state index contributed by atoms with van der Waals surface area (Å²) < 4.78 is 5.14. The summed E-state index contributed by atoms with van der Waals surface area (Å²) in [5.41, 5.74) is 2.96. The van der Waals surface area contributed by atoms with Crippen molar-refractivity contribution < 1.29 is 9.53 Å². The van der Waals surface area contributed by atoms with E-state index in [1.807, 2.05) is 32.0 Å². The minimum Gasteiger partial charge on any atom is -0.466 e. The van der Waals surface area contributed by atoms with E-state index in [1.54, 1.807) is 11.3 Å². The first-order valence-corrected chi connectivity index (χ1v) is 10.1. The molecule has 5 nitrogen and oxygen atoms in total. The number of nitrogens with zero attached hydrogens (tertiary/aromatic N) is 1. The van der Waals surface area contributed by atoms with Gasteiger partial charge in [0.05, 0.1) is 18.2 Å². The van der Waals surface area contributed by atoms with Gasteiger partial charge in [-0.05, 0) is 69.1 Å². The van der Waals surface area contributed by atoms with Gasteiger partial charge in [-0.2, -0.15) is 0 Å². The summed E-state index contributed by atoms with van der Waals surface area (Å²) in [5, 5.41) is 8.21. The number of thiazole rings is 1. The molecule has 26 heavy (non-hydrogen) atoms. The molecule has 1 aliphatic rings. The number of carbonyl (C=O) groups is 1. The van der Waals surface area contributed by atoms with Crippen LogP contribution >= 0.6 is 35.2 Å². The number of aryl methyl sites for hydroxylation is 2. The molecule has 0 bridgehead atoms. The molecule has 0 fully saturated rings. The minimum atomic E-state index is -0.114. The molecule has 3 rings (SSSR count). The lowest BCUT2D eigenvalue weighted by molar-refractivity contribution is -0.148. The molecule has 0 amide bonds. The smallest absolute Gasteiger partial charge is 0.309 e. The lowest BCUT2D eigenvalue weighted by atomic mass is 9.91. The Balaban J connectivity index is 1.63. The molecule has 0 spiro atoms. The Kier molecular flexibility index (Phi) is 6.11. The predicted octanol–water partition coefficient (Wildman–Crippen LogP) is 4.58. The summed E-state index contributed by atoms with van der Waals surface area (Å²) >= 11 is 12.9. The van der Waals surface area contributed by atoms with E-state index in [1.165, 1.54) is 0 Å². The number of hydrogen-bond acceptors (Lipinski definition) is 5. The first-order chi connectivity index (χ1) is 12.5. The number of aromatic nitrogens is 1. The molecule has 0 radical (unpaired) electrons. The molecule has 1 aliphatic carbocycles. The Morgan fingerprint density at radius 3 is 3.00 bits per heavy atom. The number of fused-ring (bicyclic) bond motifs is 1. The number of nitrogens with one attached hydrogen (secondary N) is 2. The van der Waals surface area contributed by atoms with Crippen molar-refractivity contribution in [1.29, 1.82) is 0 Å². The number of ether oxygens (including phenoxy) is 1. The maximum Gasteiger partial charge on any atom is 0.309 e. The normalized spacial score (nSPS) is 15.9. The number of hydrogen-bond donors (Lipinski definition) is 2. The van der Waals surface area contributed by atoms with Crippen LogP contribution in [0.4, 0.5) is 10.8 Å². The highest BCUT2D eigenvalue weighted by Crippen LogP contribution is 2.33. The summed E-state index contributed by atoms with van der Waals surface area (Å²) in [4.78, 5) is 17.7. The molecule has 1 atom stereocenters. The predicted molar refractivity (Wildman–Crippen MR) is 110 cm³/mol. The van der Waals surface area contributed by atoms with Crippen molar-refractivity contribution in [2.24, 2.45) is 5.92 Å². The monoisotopic (exact) mass is 409 g/mol. The average molecular weight is 410 g/mol. The van der Waals surface area contributed by atoms with Crippen LogP contribution in [0, 0.1) is 12.8 Å². The fourth-order valence-electron chi connectivity index (χ4n) is 2.91. The van der Waals surface area contributed by atoms with Gasteiger partial charge in [0.1, 0.15) is 0 Å². The summed E-state index contributed by atoms with van der Waals surface area (Å²) in [6.45, 7) is 4.22. The van der Waals surface area contributed by atoms with Crippen molar-refractivity contribution in [1.82, 2.24) is 4.98 Å². The zero-order chi connectivity index (χ0) is 18.7.